The Kier molecular flexibility index (Phi) is 5.23. The maximum absolute atomic E-state index is 12.6. The van der Waals surface area contributed by atoms with Crippen molar-refractivity contribution in [3.8, 4) is 0 Å². The second-order valence-electron chi connectivity index (χ2n) is 6.37. The van der Waals surface area contributed by atoms with Gasteiger partial charge in [-0.05, 0) is 54.8 Å². The van der Waals surface area contributed by atoms with Crippen molar-refractivity contribution in [2.24, 2.45) is 5.92 Å². The standard InChI is InChI=1S/C20H21BrN2O2/c1-3-14-4-7-17(8-5-14)23-12-15(11-19(23)24)20(25)22-18-9-6-16(21)10-13(18)2/h4-10,15H,3,11-12H2,1-2H3,(H,22,25)/t15-/m1/s1. The summed E-state index contributed by atoms with van der Waals surface area (Å²) in [7, 11) is 0. The monoisotopic (exact) mass is 400 g/mol. The molecule has 0 saturated carbocycles. The molecule has 0 aliphatic carbocycles. The molecule has 3 rings (SSSR count). The fourth-order valence-electron chi connectivity index (χ4n) is 3.05. The van der Waals surface area contributed by atoms with E-state index in [-0.39, 0.29) is 24.2 Å². The van der Waals surface area contributed by atoms with Gasteiger partial charge in [-0.2, -0.15) is 0 Å². The molecule has 4 nitrogen and oxygen atoms in total. The smallest absolute Gasteiger partial charge is 0.229 e. The first-order valence-electron chi connectivity index (χ1n) is 8.44. The summed E-state index contributed by atoms with van der Waals surface area (Å²) in [5.41, 5.74) is 3.86. The predicted octanol–water partition coefficient (Wildman–Crippen LogP) is 4.31. The Hall–Kier alpha value is -2.14. The van der Waals surface area contributed by atoms with Crippen molar-refractivity contribution < 1.29 is 9.59 Å². The van der Waals surface area contributed by atoms with Crippen LogP contribution in [0.5, 0.6) is 0 Å². The van der Waals surface area contributed by atoms with Gasteiger partial charge < -0.3 is 10.2 Å². The van der Waals surface area contributed by atoms with Gasteiger partial charge in [-0.1, -0.05) is 35.0 Å². The van der Waals surface area contributed by atoms with Gasteiger partial charge in [0.25, 0.3) is 0 Å². The van der Waals surface area contributed by atoms with Gasteiger partial charge in [0.05, 0.1) is 5.92 Å². The molecule has 1 N–H and O–H groups in total. The maximum atomic E-state index is 12.6. The number of benzene rings is 2. The molecule has 130 valence electrons. The van der Waals surface area contributed by atoms with Gasteiger partial charge in [-0.3, -0.25) is 9.59 Å². The lowest BCUT2D eigenvalue weighted by molar-refractivity contribution is -0.122. The van der Waals surface area contributed by atoms with Gasteiger partial charge in [0, 0.05) is 28.8 Å². The van der Waals surface area contributed by atoms with Crippen molar-refractivity contribution in [2.45, 2.75) is 26.7 Å². The van der Waals surface area contributed by atoms with Crippen molar-refractivity contribution in [2.75, 3.05) is 16.8 Å². The molecule has 1 aliphatic rings. The molecule has 2 aromatic carbocycles. The minimum Gasteiger partial charge on any atom is -0.326 e. The summed E-state index contributed by atoms with van der Waals surface area (Å²) in [6.07, 6.45) is 1.21. The topological polar surface area (TPSA) is 49.4 Å². The molecule has 1 atom stereocenters. The average molecular weight is 401 g/mol. The molecular formula is C20H21BrN2O2. The maximum Gasteiger partial charge on any atom is 0.229 e. The molecule has 0 radical (unpaired) electrons. The quantitative estimate of drug-likeness (QED) is 0.830. The van der Waals surface area contributed by atoms with Gasteiger partial charge in [-0.25, -0.2) is 0 Å². The SMILES string of the molecule is CCc1ccc(N2C[C@H](C(=O)Nc3ccc(Br)cc3C)CC2=O)cc1. The highest BCUT2D eigenvalue weighted by Crippen LogP contribution is 2.27. The molecule has 0 spiro atoms. The van der Waals surface area contributed by atoms with Gasteiger partial charge in [0.2, 0.25) is 11.8 Å². The number of anilines is 2. The third-order valence-corrected chi connectivity index (χ3v) is 5.09. The Balaban J connectivity index is 1.69. The number of nitrogens with zero attached hydrogens (tertiary/aromatic N) is 1. The second-order valence-corrected chi connectivity index (χ2v) is 7.29. The highest BCUT2D eigenvalue weighted by atomic mass is 79.9. The number of aryl methyl sites for hydroxylation is 2. The first-order valence-corrected chi connectivity index (χ1v) is 9.23. The normalized spacial score (nSPS) is 17.0. The Morgan fingerprint density at radius 3 is 2.60 bits per heavy atom. The third-order valence-electron chi connectivity index (χ3n) is 4.60. The van der Waals surface area contributed by atoms with Crippen molar-refractivity contribution >= 4 is 39.1 Å². The zero-order valence-electron chi connectivity index (χ0n) is 14.4. The summed E-state index contributed by atoms with van der Waals surface area (Å²) in [5, 5.41) is 2.95. The van der Waals surface area contributed by atoms with Crippen LogP contribution >= 0.6 is 15.9 Å². The lowest BCUT2D eigenvalue weighted by Crippen LogP contribution is -2.28. The Morgan fingerprint density at radius 1 is 1.24 bits per heavy atom. The van der Waals surface area contributed by atoms with Crippen LogP contribution < -0.4 is 10.2 Å². The van der Waals surface area contributed by atoms with Crippen LogP contribution in [0.1, 0.15) is 24.5 Å². The van der Waals surface area contributed by atoms with E-state index < -0.39 is 0 Å². The summed E-state index contributed by atoms with van der Waals surface area (Å²) in [5.74, 6) is -0.440. The van der Waals surface area contributed by atoms with E-state index in [2.05, 4.69) is 28.2 Å². The fraction of sp³-hybridized carbons (Fsp3) is 0.300. The lowest BCUT2D eigenvalue weighted by Gasteiger charge is -2.17. The van der Waals surface area contributed by atoms with E-state index in [1.807, 2.05) is 49.4 Å². The van der Waals surface area contributed by atoms with Gasteiger partial charge in [0.15, 0.2) is 0 Å². The van der Waals surface area contributed by atoms with Crippen molar-refractivity contribution in [3.05, 3.63) is 58.1 Å². The molecule has 1 heterocycles. The van der Waals surface area contributed by atoms with E-state index >= 15 is 0 Å². The number of rotatable bonds is 4. The van der Waals surface area contributed by atoms with Crippen molar-refractivity contribution in [1.82, 2.24) is 0 Å². The van der Waals surface area contributed by atoms with Crippen LogP contribution in [0.3, 0.4) is 0 Å². The van der Waals surface area contributed by atoms with E-state index in [4.69, 9.17) is 0 Å². The van der Waals surface area contributed by atoms with Crippen LogP contribution in [-0.2, 0) is 16.0 Å². The van der Waals surface area contributed by atoms with Gasteiger partial charge >= 0.3 is 0 Å². The lowest BCUT2D eigenvalue weighted by atomic mass is 10.1. The zero-order chi connectivity index (χ0) is 18.0. The number of amides is 2. The Labute approximate surface area is 156 Å². The molecule has 0 aromatic heterocycles. The van der Waals surface area contributed by atoms with E-state index in [1.165, 1.54) is 5.56 Å². The van der Waals surface area contributed by atoms with Crippen molar-refractivity contribution in [3.63, 3.8) is 0 Å². The first kappa shape index (κ1) is 17.7. The molecule has 2 amide bonds. The minimum absolute atomic E-state index is 0.00285. The molecule has 5 heteroatoms. The predicted molar refractivity (Wildman–Crippen MR) is 104 cm³/mol. The molecular weight excluding hydrogens is 380 g/mol. The molecule has 0 bridgehead atoms. The molecule has 1 fully saturated rings. The summed E-state index contributed by atoms with van der Waals surface area (Å²) in [4.78, 5) is 26.6. The number of halogens is 1. The van der Waals surface area contributed by atoms with Crippen LogP contribution in [0.15, 0.2) is 46.9 Å². The van der Waals surface area contributed by atoms with Crippen LogP contribution in [0.4, 0.5) is 11.4 Å². The number of carbonyl (C=O) groups is 2. The Bertz CT molecular complexity index is 802. The van der Waals surface area contributed by atoms with Gasteiger partial charge in [-0.15, -0.1) is 0 Å². The largest absolute Gasteiger partial charge is 0.326 e. The number of nitrogens with one attached hydrogen (secondary N) is 1. The highest BCUT2D eigenvalue weighted by molar-refractivity contribution is 9.10. The first-order chi connectivity index (χ1) is 12.0. The summed E-state index contributed by atoms with van der Waals surface area (Å²) in [6, 6.07) is 13.7. The molecule has 1 aliphatic heterocycles. The van der Waals surface area contributed by atoms with Crippen LogP contribution in [0, 0.1) is 12.8 Å². The van der Waals surface area contributed by atoms with E-state index in [9.17, 15) is 9.59 Å². The zero-order valence-corrected chi connectivity index (χ0v) is 16.0. The summed E-state index contributed by atoms with van der Waals surface area (Å²) in [6.45, 7) is 4.47. The van der Waals surface area contributed by atoms with E-state index in [0.29, 0.717) is 6.54 Å². The highest BCUT2D eigenvalue weighted by Gasteiger charge is 2.35. The molecule has 2 aromatic rings. The number of carbonyl (C=O) groups excluding carboxylic acids is 2. The minimum atomic E-state index is -0.332. The molecule has 1 saturated heterocycles. The average Bonchev–Trinajstić information content (AvgIpc) is 2.99. The van der Waals surface area contributed by atoms with Crippen LogP contribution in [0.25, 0.3) is 0 Å². The van der Waals surface area contributed by atoms with Crippen LogP contribution in [-0.4, -0.2) is 18.4 Å². The fourth-order valence-corrected chi connectivity index (χ4v) is 3.52. The summed E-state index contributed by atoms with van der Waals surface area (Å²) >= 11 is 3.42. The Morgan fingerprint density at radius 2 is 1.96 bits per heavy atom. The van der Waals surface area contributed by atoms with Gasteiger partial charge in [0.1, 0.15) is 0 Å². The van der Waals surface area contributed by atoms with Crippen LogP contribution in [0.2, 0.25) is 0 Å². The number of hydrogen-bond acceptors (Lipinski definition) is 2. The molecule has 25 heavy (non-hydrogen) atoms. The number of hydrogen-bond donors (Lipinski definition) is 1. The summed E-state index contributed by atoms with van der Waals surface area (Å²) < 4.78 is 0.973. The second kappa shape index (κ2) is 7.40. The van der Waals surface area contributed by atoms with E-state index in [1.54, 1.807) is 4.90 Å². The third kappa shape index (κ3) is 3.93. The van der Waals surface area contributed by atoms with Crippen molar-refractivity contribution in [1.29, 1.82) is 0 Å². The molecule has 0 unspecified atom stereocenters. The van der Waals surface area contributed by atoms with E-state index in [0.717, 1.165) is 27.8 Å².